The summed E-state index contributed by atoms with van der Waals surface area (Å²) in [7, 11) is 1.12. The number of nitriles is 1. The van der Waals surface area contributed by atoms with Gasteiger partial charge in [0.2, 0.25) is 0 Å². The number of hydrogen-bond donors (Lipinski definition) is 0. The fourth-order valence-electron chi connectivity index (χ4n) is 0.907. The maximum Gasteiger partial charge on any atom is 0.433 e. The van der Waals surface area contributed by atoms with E-state index in [0.29, 0.717) is 0 Å². The van der Waals surface area contributed by atoms with Gasteiger partial charge in [0.05, 0.1) is 13.2 Å². The number of nitro groups is 1. The van der Waals surface area contributed by atoms with E-state index in [1.165, 1.54) is 6.07 Å². The van der Waals surface area contributed by atoms with Gasteiger partial charge in [0, 0.05) is 6.08 Å². The monoisotopic (exact) mass is 222 g/mol. The van der Waals surface area contributed by atoms with Crippen molar-refractivity contribution >= 4 is 17.9 Å². The first-order valence-corrected chi connectivity index (χ1v) is 4.03. The molecule has 1 heterocycles. The van der Waals surface area contributed by atoms with Crippen molar-refractivity contribution in [3.63, 3.8) is 0 Å². The molecule has 0 bridgehead atoms. The molecule has 16 heavy (non-hydrogen) atoms. The number of carbonyl (C=O) groups is 1. The quantitative estimate of drug-likeness (QED) is 0.250. The fourth-order valence-corrected chi connectivity index (χ4v) is 0.907. The standard InChI is InChI=1S/C9H6N2O5/c1-15-9(12)6(5-10)4-7-2-3-8(16-7)11(13)14/h2-4H,1H3. The molecule has 7 heteroatoms. The zero-order chi connectivity index (χ0) is 12.1. The molecule has 0 unspecified atom stereocenters. The van der Waals surface area contributed by atoms with Gasteiger partial charge in [-0.1, -0.05) is 0 Å². The summed E-state index contributed by atoms with van der Waals surface area (Å²) in [4.78, 5) is 20.6. The molecule has 0 aromatic carbocycles. The summed E-state index contributed by atoms with van der Waals surface area (Å²) in [5.41, 5.74) is -0.299. The molecule has 0 aliphatic carbocycles. The Kier molecular flexibility index (Phi) is 3.40. The van der Waals surface area contributed by atoms with Crippen LogP contribution in [0.2, 0.25) is 0 Å². The number of carbonyl (C=O) groups excluding carboxylic acids is 1. The summed E-state index contributed by atoms with van der Waals surface area (Å²) in [6.45, 7) is 0. The molecule has 0 amide bonds. The number of methoxy groups -OCH3 is 1. The van der Waals surface area contributed by atoms with Crippen LogP contribution in [0.4, 0.5) is 5.88 Å². The normalized spacial score (nSPS) is 10.6. The first kappa shape index (κ1) is 11.5. The molecule has 0 radical (unpaired) electrons. The lowest BCUT2D eigenvalue weighted by Gasteiger charge is -1.93. The van der Waals surface area contributed by atoms with Gasteiger partial charge in [0.15, 0.2) is 0 Å². The number of furan rings is 1. The molecule has 1 aromatic rings. The van der Waals surface area contributed by atoms with Crippen LogP contribution in [0.25, 0.3) is 6.08 Å². The highest BCUT2D eigenvalue weighted by molar-refractivity contribution is 5.97. The summed E-state index contributed by atoms with van der Waals surface area (Å²) >= 11 is 0. The number of hydrogen-bond acceptors (Lipinski definition) is 6. The minimum absolute atomic E-state index is 0.0358. The average molecular weight is 222 g/mol. The van der Waals surface area contributed by atoms with E-state index < -0.39 is 16.8 Å². The van der Waals surface area contributed by atoms with Gasteiger partial charge in [-0.3, -0.25) is 10.1 Å². The lowest BCUT2D eigenvalue weighted by molar-refractivity contribution is -0.402. The van der Waals surface area contributed by atoms with Crippen molar-refractivity contribution in [2.75, 3.05) is 7.11 Å². The molecule has 82 valence electrons. The zero-order valence-corrected chi connectivity index (χ0v) is 8.17. The topological polar surface area (TPSA) is 106 Å². The molecule has 0 saturated heterocycles. The third kappa shape index (κ3) is 2.45. The molecular weight excluding hydrogens is 216 g/mol. The Labute approximate surface area is 89.7 Å². The van der Waals surface area contributed by atoms with Crippen LogP contribution in [0.5, 0.6) is 0 Å². The maximum atomic E-state index is 11.0. The lowest BCUT2D eigenvalue weighted by atomic mass is 10.2. The van der Waals surface area contributed by atoms with Crippen LogP contribution in [0, 0.1) is 21.4 Å². The molecule has 0 fully saturated rings. The Balaban J connectivity index is 3.01. The number of ether oxygens (including phenoxy) is 1. The Bertz CT molecular complexity index is 494. The van der Waals surface area contributed by atoms with Gasteiger partial charge in [-0.25, -0.2) is 4.79 Å². The maximum absolute atomic E-state index is 11.0. The summed E-state index contributed by atoms with van der Waals surface area (Å²) in [6.07, 6.45) is 1.07. The highest BCUT2D eigenvalue weighted by atomic mass is 16.6. The zero-order valence-electron chi connectivity index (χ0n) is 8.17. The second-order valence-electron chi connectivity index (χ2n) is 2.59. The molecule has 7 nitrogen and oxygen atoms in total. The smallest absolute Gasteiger partial charge is 0.433 e. The van der Waals surface area contributed by atoms with Crippen molar-refractivity contribution in [1.29, 1.82) is 5.26 Å². The Morgan fingerprint density at radius 2 is 2.38 bits per heavy atom. The highest BCUT2D eigenvalue weighted by Gasteiger charge is 2.13. The summed E-state index contributed by atoms with van der Waals surface area (Å²) < 4.78 is 9.06. The van der Waals surface area contributed by atoms with Gasteiger partial charge in [0.25, 0.3) is 0 Å². The van der Waals surface area contributed by atoms with Crippen LogP contribution < -0.4 is 0 Å². The summed E-state index contributed by atoms with van der Waals surface area (Å²) in [5, 5.41) is 18.9. The van der Waals surface area contributed by atoms with E-state index in [1.54, 1.807) is 6.07 Å². The number of rotatable bonds is 3. The minimum atomic E-state index is -0.832. The van der Waals surface area contributed by atoms with Crippen LogP contribution >= 0.6 is 0 Å². The predicted molar refractivity (Wildman–Crippen MR) is 51.0 cm³/mol. The van der Waals surface area contributed by atoms with Crippen molar-refractivity contribution < 1.29 is 18.9 Å². The second-order valence-corrected chi connectivity index (χ2v) is 2.59. The molecular formula is C9H6N2O5. The van der Waals surface area contributed by atoms with Gasteiger partial charge in [-0.2, -0.15) is 5.26 Å². The minimum Gasteiger partial charge on any atom is -0.465 e. The molecule has 1 rings (SSSR count). The first-order valence-electron chi connectivity index (χ1n) is 4.03. The Morgan fingerprint density at radius 3 is 2.81 bits per heavy atom. The van der Waals surface area contributed by atoms with E-state index in [1.807, 2.05) is 0 Å². The highest BCUT2D eigenvalue weighted by Crippen LogP contribution is 2.18. The van der Waals surface area contributed by atoms with E-state index in [-0.39, 0.29) is 11.3 Å². The van der Waals surface area contributed by atoms with Crippen molar-refractivity contribution in [3.8, 4) is 6.07 Å². The lowest BCUT2D eigenvalue weighted by Crippen LogP contribution is -2.02. The van der Waals surface area contributed by atoms with Crippen molar-refractivity contribution in [3.05, 3.63) is 33.6 Å². The van der Waals surface area contributed by atoms with Crippen molar-refractivity contribution in [1.82, 2.24) is 0 Å². The molecule has 0 saturated carbocycles. The van der Waals surface area contributed by atoms with E-state index >= 15 is 0 Å². The van der Waals surface area contributed by atoms with Gasteiger partial charge < -0.3 is 9.15 Å². The fraction of sp³-hybridized carbons (Fsp3) is 0.111. The van der Waals surface area contributed by atoms with Crippen LogP contribution in [0.1, 0.15) is 5.76 Å². The van der Waals surface area contributed by atoms with Crippen LogP contribution in [-0.2, 0) is 9.53 Å². The molecule has 0 aliphatic heterocycles. The molecule has 0 spiro atoms. The first-order chi connectivity index (χ1) is 7.58. The van der Waals surface area contributed by atoms with E-state index in [0.717, 1.165) is 19.3 Å². The predicted octanol–water partition coefficient (Wildman–Crippen LogP) is 1.27. The van der Waals surface area contributed by atoms with Gasteiger partial charge in [0.1, 0.15) is 22.3 Å². The van der Waals surface area contributed by atoms with Crippen LogP contribution in [-0.4, -0.2) is 18.0 Å². The average Bonchev–Trinajstić information content (AvgIpc) is 2.73. The van der Waals surface area contributed by atoms with E-state index in [2.05, 4.69) is 4.74 Å². The number of nitrogens with zero attached hydrogens (tertiary/aromatic N) is 2. The third-order valence-corrected chi connectivity index (χ3v) is 1.60. The second kappa shape index (κ2) is 4.75. The van der Waals surface area contributed by atoms with Crippen LogP contribution in [0.15, 0.2) is 22.1 Å². The van der Waals surface area contributed by atoms with Crippen molar-refractivity contribution in [2.24, 2.45) is 0 Å². The van der Waals surface area contributed by atoms with Gasteiger partial charge >= 0.3 is 11.9 Å². The largest absolute Gasteiger partial charge is 0.465 e. The SMILES string of the molecule is COC(=O)C(C#N)=Cc1ccc([N+](=O)[O-])o1. The van der Waals surface area contributed by atoms with E-state index in [4.69, 9.17) is 9.68 Å². The Hall–Kier alpha value is -2.62. The third-order valence-electron chi connectivity index (χ3n) is 1.60. The molecule has 1 aromatic heterocycles. The van der Waals surface area contributed by atoms with E-state index in [9.17, 15) is 14.9 Å². The Morgan fingerprint density at radius 1 is 1.69 bits per heavy atom. The van der Waals surface area contributed by atoms with Gasteiger partial charge in [-0.05, 0) is 6.07 Å². The number of esters is 1. The molecule has 0 atom stereocenters. The van der Waals surface area contributed by atoms with Crippen LogP contribution in [0.3, 0.4) is 0 Å². The molecule has 0 aliphatic rings. The summed E-state index contributed by atoms with van der Waals surface area (Å²) in [5.74, 6) is -1.26. The van der Waals surface area contributed by atoms with Gasteiger partial charge in [-0.15, -0.1) is 0 Å². The summed E-state index contributed by atoms with van der Waals surface area (Å²) in [6, 6.07) is 4.00. The molecule has 0 N–H and O–H groups in total. The van der Waals surface area contributed by atoms with Crippen molar-refractivity contribution in [2.45, 2.75) is 0 Å².